The second-order valence-electron chi connectivity index (χ2n) is 7.68. The lowest BCUT2D eigenvalue weighted by Crippen LogP contribution is -2.45. The lowest BCUT2D eigenvalue weighted by Gasteiger charge is -2.26. The zero-order chi connectivity index (χ0) is 24.6. The Morgan fingerprint density at radius 1 is 1.03 bits per heavy atom. The summed E-state index contributed by atoms with van der Waals surface area (Å²) in [6.45, 7) is 1.38. The average Bonchev–Trinajstić information content (AvgIpc) is 3.05. The van der Waals surface area contributed by atoms with Crippen molar-refractivity contribution < 1.29 is 31.5 Å². The second-order valence-corrected chi connectivity index (χ2v) is 7.68. The van der Waals surface area contributed by atoms with Gasteiger partial charge in [0, 0.05) is 28.7 Å². The fraction of sp³-hybridized carbons (Fsp3) is 0.167. The molecule has 0 saturated carbocycles. The van der Waals surface area contributed by atoms with Gasteiger partial charge in [-0.1, -0.05) is 6.07 Å². The van der Waals surface area contributed by atoms with Gasteiger partial charge >= 0.3 is 12.1 Å². The first-order valence-electron chi connectivity index (χ1n) is 10.1. The molecule has 0 spiro atoms. The van der Waals surface area contributed by atoms with Crippen LogP contribution in [0.15, 0.2) is 60.7 Å². The van der Waals surface area contributed by atoms with Crippen LogP contribution in [0.2, 0.25) is 0 Å². The number of hydrogen-bond donors (Lipinski definition) is 2. The zero-order valence-corrected chi connectivity index (χ0v) is 17.7. The van der Waals surface area contributed by atoms with E-state index in [1.807, 2.05) is 0 Å². The van der Waals surface area contributed by atoms with Gasteiger partial charge in [-0.2, -0.15) is 13.2 Å². The number of nitrogens with zero attached hydrogens (tertiary/aromatic N) is 1. The van der Waals surface area contributed by atoms with Crippen molar-refractivity contribution in [1.29, 1.82) is 5.41 Å². The van der Waals surface area contributed by atoms with Crippen LogP contribution < -0.4 is 15.0 Å². The molecule has 10 heteroatoms. The molecule has 176 valence electrons. The summed E-state index contributed by atoms with van der Waals surface area (Å²) in [7, 11) is 0. The third-order valence-corrected chi connectivity index (χ3v) is 5.43. The molecule has 3 aromatic rings. The molecular weight excluding hydrogens is 457 g/mol. The third kappa shape index (κ3) is 4.43. The van der Waals surface area contributed by atoms with Gasteiger partial charge in [0.1, 0.15) is 23.5 Å². The first-order valence-corrected chi connectivity index (χ1v) is 10.1. The second kappa shape index (κ2) is 8.77. The van der Waals surface area contributed by atoms with Gasteiger partial charge in [-0.25, -0.2) is 8.78 Å². The summed E-state index contributed by atoms with van der Waals surface area (Å²) in [6.07, 6.45) is -5.09. The Balaban J connectivity index is 1.63. The van der Waals surface area contributed by atoms with Gasteiger partial charge in [-0.05, 0) is 61.5 Å². The number of anilines is 3. The van der Waals surface area contributed by atoms with E-state index >= 15 is 0 Å². The highest BCUT2D eigenvalue weighted by Gasteiger charge is 2.50. The van der Waals surface area contributed by atoms with Crippen molar-refractivity contribution in [3.8, 4) is 5.75 Å². The van der Waals surface area contributed by atoms with Crippen LogP contribution in [0.4, 0.5) is 39.0 Å². The minimum Gasteiger partial charge on any atom is -0.483 e. The van der Waals surface area contributed by atoms with Gasteiger partial charge in [-0.3, -0.25) is 9.69 Å². The highest BCUT2D eigenvalue weighted by atomic mass is 19.4. The molecule has 34 heavy (non-hydrogen) atoms. The van der Waals surface area contributed by atoms with Crippen LogP contribution in [0.3, 0.4) is 0 Å². The molecule has 5 nitrogen and oxygen atoms in total. The molecule has 0 aliphatic carbocycles. The van der Waals surface area contributed by atoms with Crippen molar-refractivity contribution in [1.82, 2.24) is 0 Å². The maximum Gasteiger partial charge on any atom is 0.471 e. The summed E-state index contributed by atoms with van der Waals surface area (Å²) in [6, 6.07) is 12.4. The van der Waals surface area contributed by atoms with Crippen LogP contribution in [0.1, 0.15) is 24.2 Å². The maximum absolute atomic E-state index is 13.8. The molecule has 1 aliphatic rings. The molecule has 0 fully saturated rings. The lowest BCUT2D eigenvalue weighted by atomic mass is 10.1. The molecule has 0 bridgehead atoms. The summed E-state index contributed by atoms with van der Waals surface area (Å²) in [5, 5.41) is 10.8. The molecule has 3 aromatic carbocycles. The Kier molecular flexibility index (Phi) is 5.99. The topological polar surface area (TPSA) is 65.4 Å². The number of fused-ring (bicyclic) bond motifs is 1. The van der Waals surface area contributed by atoms with Gasteiger partial charge < -0.3 is 15.5 Å². The quantitative estimate of drug-likeness (QED) is 0.345. The first-order chi connectivity index (χ1) is 16.1. The highest BCUT2D eigenvalue weighted by molar-refractivity contribution is 6.00. The third-order valence-electron chi connectivity index (χ3n) is 5.43. The number of hydrogen-bond acceptors (Lipinski definition) is 4. The summed E-state index contributed by atoms with van der Waals surface area (Å²) in [5.74, 6) is -3.06. The molecule has 1 amide bonds. The van der Waals surface area contributed by atoms with Crippen molar-refractivity contribution in [2.75, 3.05) is 10.2 Å². The normalized spacial score (nSPS) is 17.3. The van der Waals surface area contributed by atoms with Gasteiger partial charge in [0.15, 0.2) is 0 Å². The lowest BCUT2D eigenvalue weighted by molar-refractivity contribution is -0.171. The minimum absolute atomic E-state index is 0.207. The van der Waals surface area contributed by atoms with E-state index in [0.29, 0.717) is 21.8 Å². The number of nitrogens with one attached hydrogen (secondary N) is 2. The molecule has 0 aromatic heterocycles. The maximum atomic E-state index is 13.8. The molecule has 2 atom stereocenters. The molecule has 0 unspecified atom stereocenters. The van der Waals surface area contributed by atoms with E-state index in [9.17, 15) is 26.7 Å². The van der Waals surface area contributed by atoms with Crippen molar-refractivity contribution in [3.63, 3.8) is 0 Å². The minimum atomic E-state index is -5.15. The Morgan fingerprint density at radius 3 is 2.35 bits per heavy atom. The first kappa shape index (κ1) is 23.2. The molecule has 2 N–H and O–H groups in total. The van der Waals surface area contributed by atoms with Crippen LogP contribution in [0, 0.1) is 17.0 Å². The molecule has 0 radical (unpaired) electrons. The smallest absolute Gasteiger partial charge is 0.471 e. The van der Waals surface area contributed by atoms with Gasteiger partial charge in [0.25, 0.3) is 0 Å². The molecular formula is C24H18F5N3O2. The van der Waals surface area contributed by atoms with Crippen LogP contribution in [0.5, 0.6) is 5.75 Å². The number of carbonyl (C=O) groups is 1. The van der Waals surface area contributed by atoms with Crippen LogP contribution in [-0.4, -0.2) is 24.3 Å². The summed E-state index contributed by atoms with van der Waals surface area (Å²) in [5.41, 5.74) is 1.53. The van der Waals surface area contributed by atoms with Gasteiger partial charge in [0.05, 0.1) is 11.7 Å². The average molecular weight is 475 g/mol. The summed E-state index contributed by atoms with van der Waals surface area (Å²) < 4.78 is 72.5. The molecule has 4 rings (SSSR count). The standard InChI is InChI=1S/C24H18F5N3O2/c1-13-22(19-8-4-16(26)11-21(19)32(13)23(33)24(27,28)29)34-18-7-9-20(14(10-18)12-30)31-17-5-2-15(25)3-6-17/h2-13,22,30-31H,1H3/t13-,22-/m0/s1. The predicted octanol–water partition coefficient (Wildman–Crippen LogP) is 6.12. The van der Waals surface area contributed by atoms with Crippen molar-refractivity contribution in [3.05, 3.63) is 83.4 Å². The number of carbonyl (C=O) groups excluding carboxylic acids is 1. The number of benzene rings is 3. The van der Waals surface area contributed by atoms with Crippen molar-refractivity contribution >= 4 is 29.2 Å². The monoisotopic (exact) mass is 475 g/mol. The zero-order valence-electron chi connectivity index (χ0n) is 17.7. The van der Waals surface area contributed by atoms with Crippen molar-refractivity contribution in [2.45, 2.75) is 25.2 Å². The van der Waals surface area contributed by atoms with E-state index in [1.165, 1.54) is 43.3 Å². The molecule has 0 saturated heterocycles. The Labute approximate surface area is 191 Å². The van der Waals surface area contributed by atoms with E-state index in [4.69, 9.17) is 10.1 Å². The molecule has 1 aliphatic heterocycles. The van der Waals surface area contributed by atoms with E-state index in [0.717, 1.165) is 18.3 Å². The fourth-order valence-corrected chi connectivity index (χ4v) is 3.86. The molecule has 1 heterocycles. The number of alkyl halides is 3. The summed E-state index contributed by atoms with van der Waals surface area (Å²) in [4.78, 5) is 12.5. The largest absolute Gasteiger partial charge is 0.483 e. The Hall–Kier alpha value is -3.95. The van der Waals surface area contributed by atoms with Crippen LogP contribution in [-0.2, 0) is 4.79 Å². The van der Waals surface area contributed by atoms with E-state index < -0.39 is 35.9 Å². The van der Waals surface area contributed by atoms with Gasteiger partial charge in [0.2, 0.25) is 0 Å². The van der Waals surface area contributed by atoms with Crippen LogP contribution in [0.25, 0.3) is 0 Å². The Bertz CT molecular complexity index is 1240. The highest BCUT2D eigenvalue weighted by Crippen LogP contribution is 2.44. The van der Waals surface area contributed by atoms with Gasteiger partial charge in [-0.15, -0.1) is 0 Å². The number of amides is 1. The summed E-state index contributed by atoms with van der Waals surface area (Å²) >= 11 is 0. The number of halogens is 5. The van der Waals surface area contributed by atoms with Crippen molar-refractivity contribution in [2.24, 2.45) is 0 Å². The van der Waals surface area contributed by atoms with Crippen LogP contribution >= 0.6 is 0 Å². The van der Waals surface area contributed by atoms with E-state index in [2.05, 4.69) is 5.32 Å². The fourth-order valence-electron chi connectivity index (χ4n) is 3.86. The van der Waals surface area contributed by atoms with E-state index in [-0.39, 0.29) is 17.0 Å². The number of ether oxygens (including phenoxy) is 1. The predicted molar refractivity (Wildman–Crippen MR) is 117 cm³/mol. The Morgan fingerprint density at radius 2 is 1.71 bits per heavy atom. The van der Waals surface area contributed by atoms with E-state index in [1.54, 1.807) is 12.1 Å². The SMILES string of the molecule is C[C@H]1[C@H](Oc2ccc(Nc3ccc(F)cc3)c(C=N)c2)c2ccc(F)cc2N1C(=O)C(F)(F)F. The number of rotatable bonds is 5.